The van der Waals surface area contributed by atoms with Gasteiger partial charge in [0.25, 0.3) is 0 Å². The molecular weight excluding hydrogens is 246 g/mol. The molecule has 104 valence electrons. The second-order valence-electron chi connectivity index (χ2n) is 3.83. The summed E-state index contributed by atoms with van der Waals surface area (Å²) in [6, 6.07) is 4.80. The fourth-order valence-electron chi connectivity index (χ4n) is 1.51. The molecule has 0 radical (unpaired) electrons. The van der Waals surface area contributed by atoms with Crippen molar-refractivity contribution in [3.63, 3.8) is 0 Å². The monoisotopic (exact) mass is 265 g/mol. The minimum atomic E-state index is -0.974. The summed E-state index contributed by atoms with van der Waals surface area (Å²) in [5.74, 6) is -0.363. The number of carboxylic acids is 1. The number of hydrogen-bond acceptors (Lipinski definition) is 4. The lowest BCUT2D eigenvalue weighted by Gasteiger charge is -2.11. The molecule has 0 aliphatic carbocycles. The van der Waals surface area contributed by atoms with Crippen LogP contribution in [0.25, 0.3) is 0 Å². The molecule has 5 nitrogen and oxygen atoms in total. The normalized spacial score (nSPS) is 9.95. The van der Waals surface area contributed by atoms with Gasteiger partial charge in [-0.3, -0.25) is 0 Å². The minimum Gasteiger partial charge on any atom is -0.497 e. The zero-order chi connectivity index (χ0) is 14.1. The Morgan fingerprint density at radius 3 is 2.89 bits per heavy atom. The van der Waals surface area contributed by atoms with E-state index in [9.17, 15) is 4.79 Å². The number of ether oxygens (including phenoxy) is 2. The predicted octanol–water partition coefficient (Wildman–Crippen LogP) is 2.40. The zero-order valence-electron chi connectivity index (χ0n) is 11.0. The van der Waals surface area contributed by atoms with Gasteiger partial charge in [0, 0.05) is 12.6 Å². The SMILES string of the molecule is C=CCCOCCNc1cc(OC)ccc1C(=O)O. The molecule has 0 bridgehead atoms. The first-order valence-corrected chi connectivity index (χ1v) is 6.03. The number of rotatable bonds is 9. The number of hydrogen-bond donors (Lipinski definition) is 2. The second kappa shape index (κ2) is 8.16. The van der Waals surface area contributed by atoms with Crippen molar-refractivity contribution in [2.45, 2.75) is 6.42 Å². The summed E-state index contributed by atoms with van der Waals surface area (Å²) >= 11 is 0. The van der Waals surface area contributed by atoms with Crippen LogP contribution in [-0.2, 0) is 4.74 Å². The van der Waals surface area contributed by atoms with Crippen molar-refractivity contribution in [1.82, 2.24) is 0 Å². The van der Waals surface area contributed by atoms with Gasteiger partial charge >= 0.3 is 5.97 Å². The third kappa shape index (κ3) is 5.01. The van der Waals surface area contributed by atoms with E-state index in [2.05, 4.69) is 11.9 Å². The molecule has 0 saturated carbocycles. The zero-order valence-corrected chi connectivity index (χ0v) is 11.0. The summed E-state index contributed by atoms with van der Waals surface area (Å²) in [5.41, 5.74) is 0.742. The van der Waals surface area contributed by atoms with Crippen molar-refractivity contribution in [3.8, 4) is 5.75 Å². The average Bonchev–Trinajstić information content (AvgIpc) is 2.42. The van der Waals surface area contributed by atoms with E-state index in [1.54, 1.807) is 18.2 Å². The van der Waals surface area contributed by atoms with Gasteiger partial charge in [0.05, 0.1) is 31.6 Å². The van der Waals surface area contributed by atoms with Crippen molar-refractivity contribution in [3.05, 3.63) is 36.4 Å². The number of methoxy groups -OCH3 is 1. The maximum absolute atomic E-state index is 11.1. The van der Waals surface area contributed by atoms with Crippen LogP contribution in [0.4, 0.5) is 5.69 Å². The van der Waals surface area contributed by atoms with E-state index in [4.69, 9.17) is 14.6 Å². The maximum atomic E-state index is 11.1. The Kier molecular flexibility index (Phi) is 6.46. The lowest BCUT2D eigenvalue weighted by Crippen LogP contribution is -2.12. The van der Waals surface area contributed by atoms with E-state index in [0.717, 1.165) is 6.42 Å². The Morgan fingerprint density at radius 1 is 1.47 bits per heavy atom. The Labute approximate surface area is 112 Å². The van der Waals surface area contributed by atoms with E-state index in [-0.39, 0.29) is 5.56 Å². The van der Waals surface area contributed by atoms with Gasteiger partial charge in [0.1, 0.15) is 5.75 Å². The summed E-state index contributed by atoms with van der Waals surface area (Å²) in [6.45, 7) is 5.26. The van der Waals surface area contributed by atoms with Crippen molar-refractivity contribution in [2.75, 3.05) is 32.2 Å². The Bertz CT molecular complexity index is 431. The first-order chi connectivity index (χ1) is 9.19. The first-order valence-electron chi connectivity index (χ1n) is 6.03. The third-order valence-electron chi connectivity index (χ3n) is 2.49. The van der Waals surface area contributed by atoms with Crippen molar-refractivity contribution >= 4 is 11.7 Å². The molecule has 1 rings (SSSR count). The van der Waals surface area contributed by atoms with E-state index in [1.807, 2.05) is 0 Å². The molecule has 0 heterocycles. The minimum absolute atomic E-state index is 0.215. The van der Waals surface area contributed by atoms with Crippen LogP contribution in [0.15, 0.2) is 30.9 Å². The van der Waals surface area contributed by atoms with Gasteiger partial charge in [-0.15, -0.1) is 6.58 Å². The molecule has 0 saturated heterocycles. The summed E-state index contributed by atoms with van der Waals surface area (Å²) in [5, 5.41) is 12.1. The molecule has 0 amide bonds. The molecule has 0 aliphatic rings. The van der Waals surface area contributed by atoms with Crippen LogP contribution in [0.5, 0.6) is 5.75 Å². The lowest BCUT2D eigenvalue weighted by atomic mass is 10.1. The smallest absolute Gasteiger partial charge is 0.337 e. The van der Waals surface area contributed by atoms with E-state index in [1.165, 1.54) is 13.2 Å². The summed E-state index contributed by atoms with van der Waals surface area (Å²) in [7, 11) is 1.54. The van der Waals surface area contributed by atoms with Crippen LogP contribution in [-0.4, -0.2) is 37.9 Å². The highest BCUT2D eigenvalue weighted by atomic mass is 16.5. The predicted molar refractivity (Wildman–Crippen MR) is 74.1 cm³/mol. The van der Waals surface area contributed by atoms with Gasteiger partial charge in [0.15, 0.2) is 0 Å². The highest BCUT2D eigenvalue weighted by molar-refractivity contribution is 5.94. The van der Waals surface area contributed by atoms with E-state index >= 15 is 0 Å². The molecule has 0 spiro atoms. The van der Waals surface area contributed by atoms with Gasteiger partial charge in [-0.05, 0) is 18.6 Å². The van der Waals surface area contributed by atoms with Gasteiger partial charge in [-0.2, -0.15) is 0 Å². The molecule has 0 fully saturated rings. The van der Waals surface area contributed by atoms with Crippen LogP contribution in [0.1, 0.15) is 16.8 Å². The number of benzene rings is 1. The molecule has 0 aromatic heterocycles. The Balaban J connectivity index is 2.55. The number of carboxylic acid groups (broad SMARTS) is 1. The second-order valence-corrected chi connectivity index (χ2v) is 3.83. The van der Waals surface area contributed by atoms with Crippen molar-refractivity contribution < 1.29 is 19.4 Å². The van der Waals surface area contributed by atoms with E-state index < -0.39 is 5.97 Å². The van der Waals surface area contributed by atoms with Gasteiger partial charge < -0.3 is 19.9 Å². The molecule has 0 aliphatic heterocycles. The topological polar surface area (TPSA) is 67.8 Å². The maximum Gasteiger partial charge on any atom is 0.337 e. The average molecular weight is 265 g/mol. The number of nitrogens with one attached hydrogen (secondary N) is 1. The summed E-state index contributed by atoms with van der Waals surface area (Å²) in [6.07, 6.45) is 2.59. The Hall–Kier alpha value is -2.01. The molecule has 1 aromatic carbocycles. The molecule has 5 heteroatoms. The third-order valence-corrected chi connectivity index (χ3v) is 2.49. The summed E-state index contributed by atoms with van der Waals surface area (Å²) < 4.78 is 10.4. The number of aromatic carboxylic acids is 1. The van der Waals surface area contributed by atoms with Crippen molar-refractivity contribution in [1.29, 1.82) is 0 Å². The van der Waals surface area contributed by atoms with Gasteiger partial charge in [0.2, 0.25) is 0 Å². The van der Waals surface area contributed by atoms with Crippen LogP contribution in [0, 0.1) is 0 Å². The van der Waals surface area contributed by atoms with E-state index in [0.29, 0.717) is 31.2 Å². The summed E-state index contributed by atoms with van der Waals surface area (Å²) in [4.78, 5) is 11.1. The van der Waals surface area contributed by atoms with Gasteiger partial charge in [-0.25, -0.2) is 4.79 Å². The molecule has 0 atom stereocenters. The Morgan fingerprint density at radius 2 is 2.26 bits per heavy atom. The number of carbonyl (C=O) groups is 1. The van der Waals surface area contributed by atoms with Gasteiger partial charge in [-0.1, -0.05) is 6.08 Å². The van der Waals surface area contributed by atoms with Crippen LogP contribution < -0.4 is 10.1 Å². The van der Waals surface area contributed by atoms with Crippen molar-refractivity contribution in [2.24, 2.45) is 0 Å². The first kappa shape index (κ1) is 15.0. The van der Waals surface area contributed by atoms with Crippen LogP contribution >= 0.6 is 0 Å². The quantitative estimate of drug-likeness (QED) is 0.530. The van der Waals surface area contributed by atoms with Crippen LogP contribution in [0.2, 0.25) is 0 Å². The standard InChI is InChI=1S/C14H19NO4/c1-3-4-8-19-9-7-15-13-10-11(18-2)5-6-12(13)14(16)17/h3,5-6,10,15H,1,4,7-9H2,2H3,(H,16,17). The molecule has 2 N–H and O–H groups in total. The fraction of sp³-hybridized carbons (Fsp3) is 0.357. The highest BCUT2D eigenvalue weighted by Gasteiger charge is 2.10. The molecule has 0 unspecified atom stereocenters. The molecule has 19 heavy (non-hydrogen) atoms. The molecule has 1 aromatic rings. The fourth-order valence-corrected chi connectivity index (χ4v) is 1.51. The molecular formula is C14H19NO4. The van der Waals surface area contributed by atoms with Crippen LogP contribution in [0.3, 0.4) is 0 Å². The largest absolute Gasteiger partial charge is 0.497 e. The highest BCUT2D eigenvalue weighted by Crippen LogP contribution is 2.22. The lowest BCUT2D eigenvalue weighted by molar-refractivity contribution is 0.0697. The number of anilines is 1.